The number of nitrogens with two attached hydrogens (primary N) is 1. The van der Waals surface area contributed by atoms with Crippen molar-refractivity contribution in [3.05, 3.63) is 34.2 Å². The molecule has 14 heavy (non-hydrogen) atoms. The molecule has 0 amide bonds. The maximum atomic E-state index is 5.62. The van der Waals surface area contributed by atoms with E-state index in [0.29, 0.717) is 0 Å². The van der Waals surface area contributed by atoms with Crippen molar-refractivity contribution in [2.45, 2.75) is 20.3 Å². The Morgan fingerprint density at radius 2 is 2.07 bits per heavy atom. The van der Waals surface area contributed by atoms with Gasteiger partial charge in [0.1, 0.15) is 0 Å². The molecule has 1 aromatic heterocycles. The molecular weight excluding hydrogens is 190 g/mol. The lowest BCUT2D eigenvalue weighted by Crippen LogP contribution is -2.02. The second kappa shape index (κ2) is 3.71. The summed E-state index contributed by atoms with van der Waals surface area (Å²) in [6.45, 7) is 5.06. The number of rotatable bonds is 2. The summed E-state index contributed by atoms with van der Waals surface area (Å²) in [6.07, 6.45) is 0.995. The van der Waals surface area contributed by atoms with Gasteiger partial charge >= 0.3 is 0 Å². The smallest absolute Gasteiger partial charge is 0.0348 e. The Kier molecular flexibility index (Phi) is 2.57. The van der Waals surface area contributed by atoms with E-state index in [1.54, 1.807) is 0 Å². The van der Waals surface area contributed by atoms with Crippen LogP contribution < -0.4 is 5.73 Å². The molecule has 1 aromatic carbocycles. The zero-order valence-corrected chi connectivity index (χ0v) is 9.45. The van der Waals surface area contributed by atoms with Gasteiger partial charge in [-0.3, -0.25) is 0 Å². The van der Waals surface area contributed by atoms with Crippen LogP contribution in [0, 0.1) is 13.8 Å². The number of benzene rings is 1. The maximum absolute atomic E-state index is 5.62. The molecule has 0 atom stereocenters. The average Bonchev–Trinajstić information content (AvgIpc) is 2.45. The summed E-state index contributed by atoms with van der Waals surface area (Å²) in [6, 6.07) is 6.65. The number of hydrogen-bond donors (Lipinski definition) is 1. The van der Waals surface area contributed by atoms with Gasteiger partial charge in [0.15, 0.2) is 0 Å². The summed E-state index contributed by atoms with van der Waals surface area (Å²) in [5.74, 6) is 0. The maximum Gasteiger partial charge on any atom is 0.0348 e. The van der Waals surface area contributed by atoms with Crippen molar-refractivity contribution in [1.29, 1.82) is 0 Å². The molecule has 0 fully saturated rings. The van der Waals surface area contributed by atoms with Crippen molar-refractivity contribution in [3.63, 3.8) is 0 Å². The number of hydrogen-bond acceptors (Lipinski definition) is 2. The Hall–Kier alpha value is -0.860. The van der Waals surface area contributed by atoms with Crippen LogP contribution in [0.3, 0.4) is 0 Å². The van der Waals surface area contributed by atoms with Crippen molar-refractivity contribution >= 4 is 21.4 Å². The lowest BCUT2D eigenvalue weighted by Gasteiger charge is -1.99. The molecule has 0 aliphatic heterocycles. The first kappa shape index (κ1) is 9.69. The average molecular weight is 205 g/mol. The molecule has 0 unspecified atom stereocenters. The predicted octanol–water partition coefficient (Wildman–Crippen LogP) is 3.02. The first-order valence-electron chi connectivity index (χ1n) is 4.91. The molecule has 74 valence electrons. The summed E-state index contributed by atoms with van der Waals surface area (Å²) < 4.78 is 1.39. The van der Waals surface area contributed by atoms with Gasteiger partial charge in [-0.2, -0.15) is 0 Å². The van der Waals surface area contributed by atoms with Gasteiger partial charge in [-0.25, -0.2) is 0 Å². The highest BCUT2D eigenvalue weighted by Crippen LogP contribution is 2.31. The van der Waals surface area contributed by atoms with Crippen LogP contribution in [0.15, 0.2) is 18.2 Å². The normalized spacial score (nSPS) is 11.1. The summed E-state index contributed by atoms with van der Waals surface area (Å²) in [7, 11) is 0. The van der Waals surface area contributed by atoms with Gasteiger partial charge in [-0.15, -0.1) is 11.3 Å². The largest absolute Gasteiger partial charge is 0.330 e. The topological polar surface area (TPSA) is 26.0 Å². The molecule has 2 aromatic rings. The van der Waals surface area contributed by atoms with E-state index in [9.17, 15) is 0 Å². The van der Waals surface area contributed by atoms with E-state index in [1.165, 1.54) is 26.1 Å². The molecule has 1 heterocycles. The lowest BCUT2D eigenvalue weighted by molar-refractivity contribution is 0.974. The Morgan fingerprint density at radius 1 is 1.29 bits per heavy atom. The summed E-state index contributed by atoms with van der Waals surface area (Å²) in [4.78, 5) is 1.41. The third-order valence-electron chi connectivity index (χ3n) is 2.54. The third kappa shape index (κ3) is 1.56. The van der Waals surface area contributed by atoms with Crippen LogP contribution >= 0.6 is 11.3 Å². The molecule has 0 aliphatic carbocycles. The fourth-order valence-electron chi connectivity index (χ4n) is 1.84. The van der Waals surface area contributed by atoms with Gasteiger partial charge in [0, 0.05) is 9.58 Å². The lowest BCUT2D eigenvalue weighted by atomic mass is 10.1. The van der Waals surface area contributed by atoms with E-state index < -0.39 is 0 Å². The number of thiophene rings is 1. The molecule has 0 saturated carbocycles. The molecule has 2 N–H and O–H groups in total. The highest BCUT2D eigenvalue weighted by atomic mass is 32.1. The SMILES string of the molecule is Cc1ccc2sc(C)c(CCN)c2c1. The fourth-order valence-corrected chi connectivity index (χ4v) is 2.93. The first-order chi connectivity index (χ1) is 6.72. The quantitative estimate of drug-likeness (QED) is 0.801. The van der Waals surface area contributed by atoms with E-state index in [2.05, 4.69) is 32.0 Å². The predicted molar refractivity (Wildman–Crippen MR) is 64.1 cm³/mol. The minimum Gasteiger partial charge on any atom is -0.330 e. The van der Waals surface area contributed by atoms with Crippen LogP contribution in [0.5, 0.6) is 0 Å². The minimum absolute atomic E-state index is 0.737. The summed E-state index contributed by atoms with van der Waals surface area (Å²) >= 11 is 1.87. The summed E-state index contributed by atoms with van der Waals surface area (Å²) in [5.41, 5.74) is 8.39. The fraction of sp³-hybridized carbons (Fsp3) is 0.333. The molecule has 0 radical (unpaired) electrons. The highest BCUT2D eigenvalue weighted by Gasteiger charge is 2.07. The van der Waals surface area contributed by atoms with E-state index in [-0.39, 0.29) is 0 Å². The molecular formula is C12H15NS. The van der Waals surface area contributed by atoms with Crippen molar-refractivity contribution in [3.8, 4) is 0 Å². The van der Waals surface area contributed by atoms with Crippen molar-refractivity contribution in [2.24, 2.45) is 5.73 Å². The van der Waals surface area contributed by atoms with Crippen LogP contribution in [0.4, 0.5) is 0 Å². The zero-order valence-electron chi connectivity index (χ0n) is 8.63. The second-order valence-corrected chi connectivity index (χ2v) is 4.93. The van der Waals surface area contributed by atoms with E-state index in [1.807, 2.05) is 11.3 Å². The van der Waals surface area contributed by atoms with Gasteiger partial charge in [0.25, 0.3) is 0 Å². The van der Waals surface area contributed by atoms with Crippen LogP contribution in [-0.2, 0) is 6.42 Å². The van der Waals surface area contributed by atoms with Crippen LogP contribution in [0.1, 0.15) is 16.0 Å². The van der Waals surface area contributed by atoms with Gasteiger partial charge in [-0.05, 0) is 43.8 Å². The molecule has 1 nitrogen and oxygen atoms in total. The third-order valence-corrected chi connectivity index (χ3v) is 3.67. The molecule has 2 heteroatoms. The van der Waals surface area contributed by atoms with Gasteiger partial charge in [0.2, 0.25) is 0 Å². The van der Waals surface area contributed by atoms with Crippen molar-refractivity contribution < 1.29 is 0 Å². The zero-order chi connectivity index (χ0) is 10.1. The molecule has 0 spiro atoms. The van der Waals surface area contributed by atoms with Crippen LogP contribution in [0.25, 0.3) is 10.1 Å². The molecule has 0 bridgehead atoms. The van der Waals surface area contributed by atoms with Crippen LogP contribution in [0.2, 0.25) is 0 Å². The van der Waals surface area contributed by atoms with Crippen LogP contribution in [-0.4, -0.2) is 6.54 Å². The van der Waals surface area contributed by atoms with Crippen molar-refractivity contribution in [1.82, 2.24) is 0 Å². The van der Waals surface area contributed by atoms with Gasteiger partial charge in [0.05, 0.1) is 0 Å². The van der Waals surface area contributed by atoms with Gasteiger partial charge < -0.3 is 5.73 Å². The molecule has 0 aliphatic rings. The van der Waals surface area contributed by atoms with E-state index in [0.717, 1.165) is 13.0 Å². The Morgan fingerprint density at radius 3 is 2.79 bits per heavy atom. The van der Waals surface area contributed by atoms with E-state index >= 15 is 0 Å². The Bertz CT molecular complexity index is 457. The molecule has 2 rings (SSSR count). The molecule has 0 saturated heterocycles. The first-order valence-corrected chi connectivity index (χ1v) is 5.72. The minimum atomic E-state index is 0.737. The van der Waals surface area contributed by atoms with Gasteiger partial charge in [-0.1, -0.05) is 17.7 Å². The van der Waals surface area contributed by atoms with E-state index in [4.69, 9.17) is 5.73 Å². The summed E-state index contributed by atoms with van der Waals surface area (Å²) in [5, 5.41) is 1.40. The Labute approximate surface area is 88.6 Å². The Balaban J connectivity index is 2.66. The number of fused-ring (bicyclic) bond motifs is 1. The monoisotopic (exact) mass is 205 g/mol. The highest BCUT2D eigenvalue weighted by molar-refractivity contribution is 7.19. The number of aryl methyl sites for hydroxylation is 2. The second-order valence-electron chi connectivity index (χ2n) is 3.68. The van der Waals surface area contributed by atoms with Crippen molar-refractivity contribution in [2.75, 3.05) is 6.54 Å². The standard InChI is InChI=1S/C12H15NS/c1-8-3-4-12-11(7-8)10(5-6-13)9(2)14-12/h3-4,7H,5-6,13H2,1-2H3.